The molecule has 1 saturated heterocycles. The average molecular weight is 490 g/mol. The molecule has 1 amide bonds. The molecule has 0 radical (unpaired) electrons. The SMILES string of the molecule is CC(C)C(=O)N1CC(F)(F)[C@H](NS(C)(=O)=O)[C@@H]1Cc1cccc(-c2cccc(F)c2F)c1F. The van der Waals surface area contributed by atoms with Crippen molar-refractivity contribution in [3.05, 3.63) is 59.4 Å². The van der Waals surface area contributed by atoms with E-state index in [1.165, 1.54) is 44.2 Å². The normalized spacial score (nSPS) is 20.5. The molecule has 0 spiro atoms. The molecule has 2 aromatic carbocycles. The van der Waals surface area contributed by atoms with Crippen LogP contribution >= 0.6 is 0 Å². The lowest BCUT2D eigenvalue weighted by molar-refractivity contribution is -0.136. The zero-order chi connectivity index (χ0) is 24.7. The standard InChI is InChI=1S/C22H23F5N2O3S/c1-12(2)21(30)29-11-22(26,27)20(28-33(3,31)32)17(29)10-13-6-4-7-14(18(13)24)15-8-5-9-16(23)19(15)25/h4-9,12,17,20,28H,10-11H2,1-3H3/t17-,20+/m0/s1. The van der Waals surface area contributed by atoms with E-state index in [0.29, 0.717) is 6.26 Å². The van der Waals surface area contributed by atoms with Crippen LogP contribution in [0.15, 0.2) is 36.4 Å². The minimum Gasteiger partial charge on any atom is -0.331 e. The first kappa shape index (κ1) is 25.1. The number of benzene rings is 2. The smallest absolute Gasteiger partial charge is 0.283 e. The van der Waals surface area contributed by atoms with Gasteiger partial charge in [-0.15, -0.1) is 0 Å². The van der Waals surface area contributed by atoms with Gasteiger partial charge >= 0.3 is 0 Å². The van der Waals surface area contributed by atoms with Crippen molar-refractivity contribution < 1.29 is 35.2 Å². The molecule has 1 aliphatic rings. The Morgan fingerprint density at radius 2 is 1.67 bits per heavy atom. The number of hydrogen-bond acceptors (Lipinski definition) is 3. The summed E-state index contributed by atoms with van der Waals surface area (Å²) in [4.78, 5) is 13.5. The van der Waals surface area contributed by atoms with Crippen molar-refractivity contribution in [2.45, 2.75) is 38.3 Å². The van der Waals surface area contributed by atoms with Crippen molar-refractivity contribution >= 4 is 15.9 Å². The van der Waals surface area contributed by atoms with Crippen LogP contribution in [0.2, 0.25) is 0 Å². The summed E-state index contributed by atoms with van der Waals surface area (Å²) in [6, 6.07) is 3.66. The van der Waals surface area contributed by atoms with Gasteiger partial charge < -0.3 is 4.90 Å². The maximum absolute atomic E-state index is 15.3. The summed E-state index contributed by atoms with van der Waals surface area (Å²) >= 11 is 0. The number of nitrogens with one attached hydrogen (secondary N) is 1. The summed E-state index contributed by atoms with van der Waals surface area (Å²) in [6.07, 6.45) is 0.235. The summed E-state index contributed by atoms with van der Waals surface area (Å²) in [5.41, 5.74) is -0.795. The molecule has 1 aliphatic heterocycles. The fourth-order valence-corrected chi connectivity index (χ4v) is 4.77. The molecule has 0 saturated carbocycles. The molecule has 0 bridgehead atoms. The molecule has 0 aliphatic carbocycles. The topological polar surface area (TPSA) is 66.5 Å². The Bertz CT molecular complexity index is 1170. The molecule has 0 unspecified atom stereocenters. The molecule has 1 heterocycles. The van der Waals surface area contributed by atoms with Gasteiger partial charge in [0, 0.05) is 17.0 Å². The van der Waals surface area contributed by atoms with Crippen LogP contribution in [0.3, 0.4) is 0 Å². The van der Waals surface area contributed by atoms with Crippen molar-refractivity contribution in [2.24, 2.45) is 5.92 Å². The van der Waals surface area contributed by atoms with Crippen LogP contribution < -0.4 is 4.72 Å². The summed E-state index contributed by atoms with van der Waals surface area (Å²) in [7, 11) is -4.10. The molecule has 1 N–H and O–H groups in total. The van der Waals surface area contributed by atoms with Crippen LogP contribution in [0.5, 0.6) is 0 Å². The molecule has 180 valence electrons. The maximum atomic E-state index is 15.3. The van der Waals surface area contributed by atoms with Crippen molar-refractivity contribution in [2.75, 3.05) is 12.8 Å². The first-order valence-electron chi connectivity index (χ1n) is 10.1. The van der Waals surface area contributed by atoms with E-state index in [2.05, 4.69) is 0 Å². The lowest BCUT2D eigenvalue weighted by atomic mass is 9.95. The highest BCUT2D eigenvalue weighted by Gasteiger charge is 2.57. The highest BCUT2D eigenvalue weighted by molar-refractivity contribution is 7.88. The molecule has 1 fully saturated rings. The zero-order valence-electron chi connectivity index (χ0n) is 18.1. The lowest BCUT2D eigenvalue weighted by Crippen LogP contribution is -2.52. The number of alkyl halides is 2. The first-order valence-corrected chi connectivity index (χ1v) is 12.0. The zero-order valence-corrected chi connectivity index (χ0v) is 18.9. The van der Waals surface area contributed by atoms with E-state index < -0.39 is 70.3 Å². The Morgan fingerprint density at radius 3 is 2.24 bits per heavy atom. The van der Waals surface area contributed by atoms with Crippen LogP contribution in [0.25, 0.3) is 11.1 Å². The van der Waals surface area contributed by atoms with E-state index in [-0.39, 0.29) is 16.7 Å². The van der Waals surface area contributed by atoms with Gasteiger partial charge in [-0.25, -0.2) is 35.1 Å². The van der Waals surface area contributed by atoms with E-state index in [9.17, 15) is 30.8 Å². The van der Waals surface area contributed by atoms with E-state index >= 15 is 4.39 Å². The second-order valence-corrected chi connectivity index (χ2v) is 10.2. The molecule has 5 nitrogen and oxygen atoms in total. The van der Waals surface area contributed by atoms with E-state index in [1.807, 2.05) is 4.72 Å². The van der Waals surface area contributed by atoms with Gasteiger partial charge in [0.25, 0.3) is 5.92 Å². The minimum absolute atomic E-state index is 0.152. The molecule has 33 heavy (non-hydrogen) atoms. The summed E-state index contributed by atoms with van der Waals surface area (Å²) in [5.74, 6) is -8.36. The number of nitrogens with zero attached hydrogens (tertiary/aromatic N) is 1. The fraction of sp³-hybridized carbons (Fsp3) is 0.409. The monoisotopic (exact) mass is 490 g/mol. The molecule has 2 atom stereocenters. The number of likely N-dealkylation sites (tertiary alicyclic amines) is 1. The number of rotatable bonds is 6. The minimum atomic E-state index is -4.10. The lowest BCUT2D eigenvalue weighted by Gasteiger charge is -2.29. The predicted octanol–water partition coefficient (Wildman–Crippen LogP) is 3.73. The quantitative estimate of drug-likeness (QED) is 0.628. The maximum Gasteiger partial charge on any atom is 0.283 e. The van der Waals surface area contributed by atoms with Gasteiger partial charge in [-0.1, -0.05) is 44.2 Å². The van der Waals surface area contributed by atoms with Gasteiger partial charge in [-0.05, 0) is 18.1 Å². The molecular weight excluding hydrogens is 467 g/mol. The van der Waals surface area contributed by atoms with Gasteiger partial charge in [0.05, 0.1) is 18.8 Å². The van der Waals surface area contributed by atoms with Crippen molar-refractivity contribution in [1.29, 1.82) is 0 Å². The highest BCUT2D eigenvalue weighted by atomic mass is 32.2. The average Bonchev–Trinajstić information content (AvgIpc) is 2.94. The van der Waals surface area contributed by atoms with Gasteiger partial charge in [-0.3, -0.25) is 4.79 Å². The Labute approximate surface area is 188 Å². The number of sulfonamides is 1. The first-order chi connectivity index (χ1) is 15.2. The Hall–Kier alpha value is -2.53. The van der Waals surface area contributed by atoms with Crippen LogP contribution in [-0.4, -0.2) is 50.0 Å². The summed E-state index contributed by atoms with van der Waals surface area (Å²) in [6.45, 7) is 1.97. The van der Waals surface area contributed by atoms with Crippen molar-refractivity contribution in [1.82, 2.24) is 9.62 Å². The van der Waals surface area contributed by atoms with E-state index in [0.717, 1.165) is 11.0 Å². The van der Waals surface area contributed by atoms with Gasteiger partial charge in [-0.2, -0.15) is 0 Å². The van der Waals surface area contributed by atoms with E-state index in [4.69, 9.17) is 0 Å². The third kappa shape index (κ3) is 5.19. The second kappa shape index (κ2) is 9.02. The molecular formula is C22H23F5N2O3S. The molecule has 3 rings (SSSR count). The number of amides is 1. The van der Waals surface area contributed by atoms with Crippen LogP contribution in [0.4, 0.5) is 22.0 Å². The van der Waals surface area contributed by atoms with Crippen LogP contribution in [0.1, 0.15) is 19.4 Å². The van der Waals surface area contributed by atoms with Gasteiger partial charge in [0.2, 0.25) is 15.9 Å². The Balaban J connectivity index is 2.07. The largest absolute Gasteiger partial charge is 0.331 e. The number of hydrogen-bond donors (Lipinski definition) is 1. The van der Waals surface area contributed by atoms with Gasteiger partial charge in [0.15, 0.2) is 11.6 Å². The number of halogens is 5. The van der Waals surface area contributed by atoms with Crippen LogP contribution in [-0.2, 0) is 21.2 Å². The Kier molecular flexibility index (Phi) is 6.86. The van der Waals surface area contributed by atoms with E-state index in [1.54, 1.807) is 0 Å². The number of carbonyl (C=O) groups is 1. The van der Waals surface area contributed by atoms with Crippen LogP contribution in [0, 0.1) is 23.4 Å². The third-order valence-electron chi connectivity index (χ3n) is 5.49. The third-order valence-corrected chi connectivity index (χ3v) is 6.17. The summed E-state index contributed by atoms with van der Waals surface area (Å²) in [5, 5.41) is 0. The summed E-state index contributed by atoms with van der Waals surface area (Å²) < 4.78 is 98.2. The highest BCUT2D eigenvalue weighted by Crippen LogP contribution is 2.37. The molecule has 2 aromatic rings. The molecule has 11 heteroatoms. The van der Waals surface area contributed by atoms with Crippen molar-refractivity contribution in [3.8, 4) is 11.1 Å². The predicted molar refractivity (Wildman–Crippen MR) is 113 cm³/mol. The second-order valence-electron chi connectivity index (χ2n) is 8.40. The fourth-order valence-electron chi connectivity index (χ4n) is 3.98. The number of carbonyl (C=O) groups excluding carboxylic acids is 1. The van der Waals surface area contributed by atoms with Crippen molar-refractivity contribution in [3.63, 3.8) is 0 Å². The molecule has 0 aromatic heterocycles. The Morgan fingerprint density at radius 1 is 1.09 bits per heavy atom. The van der Waals surface area contributed by atoms with Gasteiger partial charge in [0.1, 0.15) is 11.9 Å².